The van der Waals surface area contributed by atoms with Gasteiger partial charge in [0.1, 0.15) is 5.69 Å². The molecule has 0 fully saturated rings. The maximum absolute atomic E-state index is 9.39. The lowest BCUT2D eigenvalue weighted by Gasteiger charge is -2.03. The van der Waals surface area contributed by atoms with E-state index in [2.05, 4.69) is 10.3 Å². The number of aromatic nitrogens is 1. The third kappa shape index (κ3) is 4.12. The van der Waals surface area contributed by atoms with Crippen molar-refractivity contribution in [3.8, 4) is 22.6 Å². The summed E-state index contributed by atoms with van der Waals surface area (Å²) in [5.74, 6) is 0.722. The van der Waals surface area contributed by atoms with E-state index in [0.717, 1.165) is 22.6 Å². The van der Waals surface area contributed by atoms with Gasteiger partial charge in [-0.3, -0.25) is 0 Å². The van der Waals surface area contributed by atoms with Crippen LogP contribution in [0.5, 0.6) is 0 Å². The Hall–Kier alpha value is -2.30. The second-order valence-corrected chi connectivity index (χ2v) is 5.16. The van der Waals surface area contributed by atoms with Crippen LogP contribution in [-0.2, 0) is 0 Å². The van der Waals surface area contributed by atoms with Gasteiger partial charge in [-0.25, -0.2) is 0 Å². The van der Waals surface area contributed by atoms with Gasteiger partial charge in [-0.2, -0.15) is 4.98 Å². The highest BCUT2D eigenvalue weighted by atomic mass is 35.5. The Morgan fingerprint density at radius 2 is 1.57 bits per heavy atom. The summed E-state index contributed by atoms with van der Waals surface area (Å²) >= 11 is 0. The van der Waals surface area contributed by atoms with Crippen molar-refractivity contribution in [2.45, 2.75) is 13.0 Å². The van der Waals surface area contributed by atoms with Crippen molar-refractivity contribution in [2.75, 3.05) is 11.9 Å². The monoisotopic (exact) mass is 330 g/mol. The summed E-state index contributed by atoms with van der Waals surface area (Å²) in [5.41, 5.74) is 2.76. The van der Waals surface area contributed by atoms with Crippen LogP contribution in [0, 0.1) is 0 Å². The minimum atomic E-state index is -0.466. The molecule has 1 aromatic heterocycles. The fourth-order valence-electron chi connectivity index (χ4n) is 2.21. The Morgan fingerprint density at radius 1 is 1.00 bits per heavy atom. The predicted octanol–water partition coefficient (Wildman–Crippen LogP) is 4.22. The molecule has 120 valence electrons. The summed E-state index contributed by atoms with van der Waals surface area (Å²) in [6.07, 6.45) is -0.466. The number of aliphatic hydroxyl groups excluding tert-OH is 1. The molecule has 4 nitrogen and oxygen atoms in total. The summed E-state index contributed by atoms with van der Waals surface area (Å²) in [6.45, 7) is 2.11. The first kappa shape index (κ1) is 17.1. The number of nitrogens with zero attached hydrogens (tertiary/aromatic N) is 1. The molecule has 3 rings (SSSR count). The molecule has 23 heavy (non-hydrogen) atoms. The van der Waals surface area contributed by atoms with E-state index in [1.807, 2.05) is 60.7 Å². The van der Waals surface area contributed by atoms with Crippen molar-refractivity contribution in [3.63, 3.8) is 0 Å². The van der Waals surface area contributed by atoms with Gasteiger partial charge < -0.3 is 14.8 Å². The zero-order valence-electron chi connectivity index (χ0n) is 12.8. The fourth-order valence-corrected chi connectivity index (χ4v) is 2.21. The van der Waals surface area contributed by atoms with Crippen LogP contribution >= 0.6 is 12.4 Å². The standard InChI is InChI=1S/C18H18N2O2.ClH/c1-13(21)12-19-18-20-16(14-8-4-2-5-9-14)17(22-18)15-10-6-3-7-11-15;/h2-11,13,21H,12H2,1H3,(H,19,20);1H. The zero-order valence-corrected chi connectivity index (χ0v) is 13.6. The van der Waals surface area contributed by atoms with Crippen molar-refractivity contribution >= 4 is 18.4 Å². The number of nitrogens with one attached hydrogen (secondary N) is 1. The Labute approximate surface area is 141 Å². The van der Waals surface area contributed by atoms with Crippen molar-refractivity contribution in [1.82, 2.24) is 4.98 Å². The molecule has 2 aromatic carbocycles. The first-order chi connectivity index (χ1) is 10.7. The van der Waals surface area contributed by atoms with Crippen LogP contribution in [-0.4, -0.2) is 22.7 Å². The second kappa shape index (κ2) is 7.81. The molecule has 1 unspecified atom stereocenters. The number of hydrogen-bond acceptors (Lipinski definition) is 4. The summed E-state index contributed by atoms with van der Waals surface area (Å²) in [7, 11) is 0. The molecule has 0 aliphatic rings. The van der Waals surface area contributed by atoms with Crippen molar-refractivity contribution in [1.29, 1.82) is 0 Å². The van der Waals surface area contributed by atoms with E-state index in [0.29, 0.717) is 12.6 Å². The number of hydrogen-bond donors (Lipinski definition) is 2. The molecule has 1 atom stereocenters. The fraction of sp³-hybridized carbons (Fsp3) is 0.167. The van der Waals surface area contributed by atoms with Gasteiger partial charge in [0.25, 0.3) is 6.01 Å². The number of aliphatic hydroxyl groups is 1. The normalized spacial score (nSPS) is 11.6. The van der Waals surface area contributed by atoms with Gasteiger partial charge in [-0.05, 0) is 6.92 Å². The Bertz CT molecular complexity index is 670. The van der Waals surface area contributed by atoms with Crippen LogP contribution in [0.25, 0.3) is 22.6 Å². The summed E-state index contributed by atoms with van der Waals surface area (Å²) < 4.78 is 5.87. The van der Waals surface area contributed by atoms with Crippen molar-refractivity contribution in [3.05, 3.63) is 60.7 Å². The topological polar surface area (TPSA) is 58.3 Å². The van der Waals surface area contributed by atoms with Crippen molar-refractivity contribution in [2.24, 2.45) is 0 Å². The van der Waals surface area contributed by atoms with Gasteiger partial charge in [-0.15, -0.1) is 12.4 Å². The largest absolute Gasteiger partial charge is 0.423 e. The molecule has 0 aliphatic carbocycles. The molecule has 0 saturated carbocycles. The maximum atomic E-state index is 9.39. The highest BCUT2D eigenvalue weighted by molar-refractivity contribution is 5.85. The molecule has 5 heteroatoms. The van der Waals surface area contributed by atoms with E-state index in [1.165, 1.54) is 0 Å². The summed E-state index contributed by atoms with van der Waals surface area (Å²) in [5, 5.41) is 12.4. The Balaban J connectivity index is 0.00000192. The van der Waals surface area contributed by atoms with Crippen LogP contribution < -0.4 is 5.32 Å². The molecule has 2 N–H and O–H groups in total. The van der Waals surface area contributed by atoms with Gasteiger partial charge in [0.15, 0.2) is 5.76 Å². The van der Waals surface area contributed by atoms with E-state index in [4.69, 9.17) is 4.42 Å². The molecule has 0 spiro atoms. The number of rotatable bonds is 5. The smallest absolute Gasteiger partial charge is 0.295 e. The van der Waals surface area contributed by atoms with Gasteiger partial charge in [0.2, 0.25) is 0 Å². The summed E-state index contributed by atoms with van der Waals surface area (Å²) in [4.78, 5) is 4.54. The van der Waals surface area contributed by atoms with E-state index in [1.54, 1.807) is 6.92 Å². The lowest BCUT2D eigenvalue weighted by Crippen LogP contribution is -2.15. The van der Waals surface area contributed by atoms with Gasteiger partial charge in [-0.1, -0.05) is 60.7 Å². The van der Waals surface area contributed by atoms with Gasteiger partial charge >= 0.3 is 0 Å². The Morgan fingerprint density at radius 3 is 2.13 bits per heavy atom. The van der Waals surface area contributed by atoms with Crippen LogP contribution in [0.4, 0.5) is 6.01 Å². The summed E-state index contributed by atoms with van der Waals surface area (Å²) in [6, 6.07) is 20.2. The molecule has 0 aliphatic heterocycles. The van der Waals surface area contributed by atoms with Crippen LogP contribution in [0.1, 0.15) is 6.92 Å². The molecule has 0 radical (unpaired) electrons. The first-order valence-electron chi connectivity index (χ1n) is 7.27. The zero-order chi connectivity index (χ0) is 15.4. The molecule has 0 saturated heterocycles. The maximum Gasteiger partial charge on any atom is 0.295 e. The SMILES string of the molecule is CC(O)CNc1nc(-c2ccccc2)c(-c2ccccc2)o1.Cl. The van der Waals surface area contributed by atoms with E-state index in [-0.39, 0.29) is 12.4 Å². The molecular weight excluding hydrogens is 312 g/mol. The molecule has 1 heterocycles. The second-order valence-electron chi connectivity index (χ2n) is 5.16. The van der Waals surface area contributed by atoms with Crippen molar-refractivity contribution < 1.29 is 9.52 Å². The number of halogens is 1. The highest BCUT2D eigenvalue weighted by Gasteiger charge is 2.16. The molecular formula is C18H19ClN2O2. The lowest BCUT2D eigenvalue weighted by molar-refractivity contribution is 0.207. The van der Waals surface area contributed by atoms with E-state index in [9.17, 15) is 5.11 Å². The Kier molecular flexibility index (Phi) is 5.79. The minimum absolute atomic E-state index is 0. The highest BCUT2D eigenvalue weighted by Crippen LogP contribution is 2.34. The van der Waals surface area contributed by atoms with Gasteiger partial charge in [0, 0.05) is 17.7 Å². The quantitative estimate of drug-likeness (QED) is 0.735. The number of oxazole rings is 1. The van der Waals surface area contributed by atoms with Crippen LogP contribution in [0.15, 0.2) is 65.1 Å². The average Bonchev–Trinajstić information content (AvgIpc) is 2.99. The van der Waals surface area contributed by atoms with E-state index < -0.39 is 6.10 Å². The predicted molar refractivity (Wildman–Crippen MR) is 94.8 cm³/mol. The average molecular weight is 331 g/mol. The van der Waals surface area contributed by atoms with Crippen LogP contribution in [0.2, 0.25) is 0 Å². The molecule has 0 amide bonds. The minimum Gasteiger partial charge on any atom is -0.423 e. The third-order valence-electron chi connectivity index (χ3n) is 3.26. The first-order valence-corrected chi connectivity index (χ1v) is 7.27. The van der Waals surface area contributed by atoms with E-state index >= 15 is 0 Å². The third-order valence-corrected chi connectivity index (χ3v) is 3.26. The number of anilines is 1. The number of benzene rings is 2. The molecule has 0 bridgehead atoms. The van der Waals surface area contributed by atoms with Crippen LogP contribution in [0.3, 0.4) is 0 Å². The van der Waals surface area contributed by atoms with Gasteiger partial charge in [0.05, 0.1) is 6.10 Å². The lowest BCUT2D eigenvalue weighted by atomic mass is 10.1. The molecule has 3 aromatic rings.